The summed E-state index contributed by atoms with van der Waals surface area (Å²) in [6, 6.07) is 16.8. The lowest BCUT2D eigenvalue weighted by Crippen LogP contribution is -2.39. The van der Waals surface area contributed by atoms with Crippen LogP contribution in [-0.4, -0.2) is 55.8 Å². The van der Waals surface area contributed by atoms with Gasteiger partial charge in [-0.05, 0) is 73.7 Å². The molecule has 1 aliphatic rings. The van der Waals surface area contributed by atoms with Gasteiger partial charge in [0.1, 0.15) is 11.5 Å². The number of amides is 2. The van der Waals surface area contributed by atoms with Crippen molar-refractivity contribution < 1.29 is 24.2 Å². The molecule has 11 nitrogen and oxygen atoms in total. The molecule has 1 saturated heterocycles. The zero-order chi connectivity index (χ0) is 29.8. The maximum Gasteiger partial charge on any atom is 0.407 e. The molecule has 2 aromatic heterocycles. The highest BCUT2D eigenvalue weighted by Crippen LogP contribution is 2.34. The summed E-state index contributed by atoms with van der Waals surface area (Å²) in [6.45, 7) is 2.14. The van der Waals surface area contributed by atoms with E-state index < -0.39 is 18.1 Å². The summed E-state index contributed by atoms with van der Waals surface area (Å²) < 4.78 is 6.36. The van der Waals surface area contributed by atoms with Crippen LogP contribution in [0.4, 0.5) is 10.6 Å². The molecule has 0 aliphatic carbocycles. The zero-order valence-electron chi connectivity index (χ0n) is 22.8. The maximum absolute atomic E-state index is 13.0. The number of carbonyl (C=O) groups excluding carboxylic acids is 2. The van der Waals surface area contributed by atoms with Crippen LogP contribution in [0.2, 0.25) is 5.02 Å². The molecule has 1 aliphatic heterocycles. The maximum atomic E-state index is 13.0. The molecule has 1 fully saturated rings. The Hall–Kier alpha value is -4.90. The number of esters is 1. The van der Waals surface area contributed by atoms with Crippen LogP contribution in [0.5, 0.6) is 0 Å². The van der Waals surface area contributed by atoms with Crippen LogP contribution >= 0.6 is 11.6 Å². The van der Waals surface area contributed by atoms with Gasteiger partial charge in [-0.1, -0.05) is 35.9 Å². The molecule has 12 heteroatoms. The number of carboxylic acid groups (broad SMARTS) is 1. The molecule has 0 saturated carbocycles. The van der Waals surface area contributed by atoms with Gasteiger partial charge in [0.2, 0.25) is 0 Å². The monoisotopic (exact) mass is 588 g/mol. The van der Waals surface area contributed by atoms with E-state index in [2.05, 4.69) is 15.3 Å². The Morgan fingerprint density at radius 2 is 1.76 bits per heavy atom. The van der Waals surface area contributed by atoms with E-state index in [4.69, 9.17) is 22.2 Å². The molecule has 216 valence electrons. The number of nitrogens with zero attached hydrogens (tertiary/aromatic N) is 4. The number of nitrogen functional groups attached to an aromatic ring is 1. The van der Waals surface area contributed by atoms with Crippen molar-refractivity contribution in [3.63, 3.8) is 0 Å². The number of anilines is 1. The molecule has 4 aromatic rings. The molecule has 3 heterocycles. The number of halogens is 1. The molecule has 1 atom stereocenters. The van der Waals surface area contributed by atoms with Crippen molar-refractivity contribution in [2.24, 2.45) is 0 Å². The first kappa shape index (κ1) is 28.6. The van der Waals surface area contributed by atoms with Crippen LogP contribution in [0.1, 0.15) is 58.9 Å². The van der Waals surface area contributed by atoms with Crippen molar-refractivity contribution in [3.05, 3.63) is 89.0 Å². The Bertz CT molecular complexity index is 1620. The van der Waals surface area contributed by atoms with Crippen LogP contribution in [0.3, 0.4) is 0 Å². The molecule has 4 N–H and O–H groups in total. The minimum absolute atomic E-state index is 0.00294. The first-order chi connectivity index (χ1) is 20.3. The molecule has 2 amide bonds. The van der Waals surface area contributed by atoms with E-state index in [0.717, 1.165) is 28.6 Å². The van der Waals surface area contributed by atoms with Crippen molar-refractivity contribution in [1.29, 1.82) is 0 Å². The van der Waals surface area contributed by atoms with E-state index in [1.54, 1.807) is 55.6 Å². The molecule has 0 bridgehead atoms. The minimum Gasteiger partial charge on any atom is -0.465 e. The van der Waals surface area contributed by atoms with Crippen LogP contribution < -0.4 is 11.2 Å². The van der Waals surface area contributed by atoms with Crippen LogP contribution in [0.25, 0.3) is 22.4 Å². The molecule has 0 spiro atoms. The number of hydrogen-bond donors (Lipinski definition) is 3. The second-order valence-electron chi connectivity index (χ2n) is 9.71. The van der Waals surface area contributed by atoms with Crippen LogP contribution in [0, 0.1) is 0 Å². The number of benzene rings is 2. The fourth-order valence-electron chi connectivity index (χ4n) is 5.00. The smallest absolute Gasteiger partial charge is 0.407 e. The highest BCUT2D eigenvalue weighted by molar-refractivity contribution is 6.30. The molecule has 0 unspecified atom stereocenters. The van der Waals surface area contributed by atoms with Gasteiger partial charge >= 0.3 is 12.1 Å². The number of ether oxygens (including phenoxy) is 1. The second-order valence-corrected chi connectivity index (χ2v) is 10.1. The topological polar surface area (TPSA) is 153 Å². The van der Waals surface area contributed by atoms with Gasteiger partial charge in [0.25, 0.3) is 5.91 Å². The number of piperidine rings is 1. The number of rotatable bonds is 7. The zero-order valence-corrected chi connectivity index (χ0v) is 23.5. The van der Waals surface area contributed by atoms with Gasteiger partial charge in [-0.15, -0.1) is 0 Å². The summed E-state index contributed by atoms with van der Waals surface area (Å²) in [6.07, 6.45) is 2.58. The van der Waals surface area contributed by atoms with Crippen molar-refractivity contribution in [2.75, 3.05) is 24.3 Å². The third kappa shape index (κ3) is 5.91. The Kier molecular flexibility index (Phi) is 8.39. The summed E-state index contributed by atoms with van der Waals surface area (Å²) in [5.41, 5.74) is 2.91. The predicted molar refractivity (Wildman–Crippen MR) is 158 cm³/mol. The number of hydrogen-bond acceptors (Lipinski definition) is 7. The number of nitrogens with one attached hydrogen (secondary N) is 1. The number of nitrogens with two attached hydrogens (primary N) is 1. The first-order valence-electron chi connectivity index (χ1n) is 13.4. The lowest BCUT2D eigenvalue weighted by atomic mass is 10.0. The van der Waals surface area contributed by atoms with E-state index in [1.807, 2.05) is 18.2 Å². The van der Waals surface area contributed by atoms with Gasteiger partial charge in [0, 0.05) is 28.9 Å². The van der Waals surface area contributed by atoms with Gasteiger partial charge in [0.05, 0.1) is 12.6 Å². The summed E-state index contributed by atoms with van der Waals surface area (Å²) in [4.78, 5) is 48.0. The molecule has 5 rings (SSSR count). The SMILES string of the molecule is CCOC(=O)c1c(-c2ccc(C(=O)Nc3cc(-c4ccc(Cl)cc4)ccn3)cc2)nc([C@@H]2CCCCN2C(=O)O)n1N. The average molecular weight is 589 g/mol. The second kappa shape index (κ2) is 12.3. The lowest BCUT2D eigenvalue weighted by molar-refractivity contribution is 0.0516. The molecule has 0 radical (unpaired) electrons. The predicted octanol–water partition coefficient (Wildman–Crippen LogP) is 5.61. The van der Waals surface area contributed by atoms with Gasteiger partial charge in [0.15, 0.2) is 11.5 Å². The largest absolute Gasteiger partial charge is 0.465 e. The number of carbonyl (C=O) groups is 3. The third-order valence-corrected chi connectivity index (χ3v) is 7.31. The van der Waals surface area contributed by atoms with Gasteiger partial charge in [-0.2, -0.15) is 0 Å². The minimum atomic E-state index is -1.08. The summed E-state index contributed by atoms with van der Waals surface area (Å²) >= 11 is 5.99. The summed E-state index contributed by atoms with van der Waals surface area (Å²) in [7, 11) is 0. The molecular weight excluding hydrogens is 560 g/mol. The van der Waals surface area contributed by atoms with Gasteiger partial charge < -0.3 is 21.0 Å². The highest BCUT2D eigenvalue weighted by atomic mass is 35.5. The highest BCUT2D eigenvalue weighted by Gasteiger charge is 2.34. The summed E-state index contributed by atoms with van der Waals surface area (Å²) in [5.74, 6) is 5.92. The fraction of sp³-hybridized carbons (Fsp3) is 0.233. The Balaban J connectivity index is 1.41. The Morgan fingerprint density at radius 1 is 1.05 bits per heavy atom. The number of aromatic nitrogens is 3. The van der Waals surface area contributed by atoms with Gasteiger partial charge in [-0.3, -0.25) is 9.69 Å². The molecule has 2 aromatic carbocycles. The normalized spacial score (nSPS) is 14.8. The van der Waals surface area contributed by atoms with E-state index in [-0.39, 0.29) is 29.7 Å². The quantitative estimate of drug-likeness (QED) is 0.186. The Morgan fingerprint density at radius 3 is 2.45 bits per heavy atom. The van der Waals surface area contributed by atoms with Crippen molar-refractivity contribution >= 4 is 35.4 Å². The van der Waals surface area contributed by atoms with Crippen molar-refractivity contribution in [3.8, 4) is 22.4 Å². The fourth-order valence-corrected chi connectivity index (χ4v) is 5.12. The Labute approximate surface area is 246 Å². The van der Waals surface area contributed by atoms with E-state index in [1.165, 1.54) is 4.90 Å². The molecular formula is C30H29ClN6O5. The number of imidazole rings is 1. The van der Waals surface area contributed by atoms with Crippen LogP contribution in [-0.2, 0) is 4.74 Å². The van der Waals surface area contributed by atoms with E-state index in [0.29, 0.717) is 34.9 Å². The number of pyridine rings is 1. The average Bonchev–Trinajstić information content (AvgIpc) is 3.34. The lowest BCUT2D eigenvalue weighted by Gasteiger charge is -2.32. The first-order valence-corrected chi connectivity index (χ1v) is 13.8. The van der Waals surface area contributed by atoms with Crippen molar-refractivity contribution in [2.45, 2.75) is 32.2 Å². The van der Waals surface area contributed by atoms with E-state index >= 15 is 0 Å². The summed E-state index contributed by atoms with van der Waals surface area (Å²) in [5, 5.41) is 13.2. The van der Waals surface area contributed by atoms with Crippen molar-refractivity contribution in [1.82, 2.24) is 19.5 Å². The molecule has 42 heavy (non-hydrogen) atoms. The van der Waals surface area contributed by atoms with Crippen LogP contribution in [0.15, 0.2) is 66.9 Å². The number of likely N-dealkylation sites (tertiary alicyclic amines) is 1. The van der Waals surface area contributed by atoms with Gasteiger partial charge in [-0.25, -0.2) is 24.2 Å². The van der Waals surface area contributed by atoms with E-state index in [9.17, 15) is 19.5 Å². The third-order valence-electron chi connectivity index (χ3n) is 7.05. The standard InChI is InChI=1S/C30H29ClN6O5/c1-2-42-29(39)26-25(35-27(37(26)32)23-5-3-4-16-36(23)30(40)41)19-6-8-20(9-7-19)28(38)34-24-17-21(14-15-33-24)18-10-12-22(31)13-11-18/h6-15,17,23H,2-5,16,32H2,1H3,(H,40,41)(H,33,34,38)/t23-/m0/s1.